The third-order valence-electron chi connectivity index (χ3n) is 13.9. The van der Waals surface area contributed by atoms with Gasteiger partial charge in [-0.05, 0) is 111 Å². The molecule has 0 fully saturated rings. The summed E-state index contributed by atoms with van der Waals surface area (Å²) in [6.07, 6.45) is -6.62. The molecule has 440 valence electrons. The molecule has 0 atom stereocenters. The van der Waals surface area contributed by atoms with Crippen molar-refractivity contribution in [2.24, 2.45) is 0 Å². The smallest absolute Gasteiger partial charge is 0.372 e. The first kappa shape index (κ1) is 64.9. The van der Waals surface area contributed by atoms with Gasteiger partial charge in [-0.15, -0.1) is 0 Å². The molecule has 0 spiro atoms. The standard InChI is InChI=1S/C62H80F12N6/c1-5-9-41-75(45-13-37-59(63,64)65)49-17-25-53(26-18-49)79(54-27-19-50(20-28-54)76(42-10-6-2)46-14-38-60(66,67)68)57-33-35-58(36-34-57)80(55-29-21-51(22-30-55)77(43-11-7-3)47-15-39-61(69,70)71)56-31-23-52(24-32-56)78(44-12-8-4)48-16-40-62(72,73)74/h17-36H,5-16,37-48H2,1-4H3/q+2. The highest BCUT2D eigenvalue weighted by Crippen LogP contribution is 2.39. The second-order valence-corrected chi connectivity index (χ2v) is 20.5. The summed E-state index contributed by atoms with van der Waals surface area (Å²) in [7, 11) is 0. The van der Waals surface area contributed by atoms with E-state index in [2.05, 4.69) is 0 Å². The van der Waals surface area contributed by atoms with E-state index in [1.807, 2.05) is 178 Å². The molecule has 18 heteroatoms. The zero-order valence-corrected chi connectivity index (χ0v) is 46.7. The molecule has 0 saturated carbocycles. The number of alkyl halides is 12. The molecule has 5 rings (SSSR count). The lowest BCUT2D eigenvalue weighted by atomic mass is 10.1. The zero-order valence-electron chi connectivity index (χ0n) is 46.7. The fraction of sp³-hybridized carbons (Fsp3) is 0.516. The van der Waals surface area contributed by atoms with Crippen LogP contribution in [0.4, 0.5) is 98.2 Å². The van der Waals surface area contributed by atoms with Gasteiger partial charge >= 0.3 is 24.7 Å². The molecule has 1 aliphatic carbocycles. The number of nitrogens with zero attached hydrogens (tertiary/aromatic N) is 6. The number of unbranched alkanes of at least 4 members (excludes halogenated alkanes) is 4. The monoisotopic (exact) mass is 1140 g/mol. The summed E-state index contributed by atoms with van der Waals surface area (Å²) in [5.41, 5.74) is 7.52. The molecule has 0 bridgehead atoms. The van der Waals surface area contributed by atoms with Crippen molar-refractivity contribution in [1.29, 1.82) is 0 Å². The Kier molecular flexibility index (Phi) is 25.4. The average Bonchev–Trinajstić information content (AvgIpc) is 3.40. The Morgan fingerprint density at radius 2 is 0.575 bits per heavy atom. The van der Waals surface area contributed by atoms with Gasteiger partial charge in [0.1, 0.15) is 13.1 Å². The van der Waals surface area contributed by atoms with Crippen LogP contribution in [0.5, 0.6) is 0 Å². The molecule has 80 heavy (non-hydrogen) atoms. The summed E-state index contributed by atoms with van der Waals surface area (Å²) in [6.45, 7) is 11.3. The summed E-state index contributed by atoms with van der Waals surface area (Å²) >= 11 is 0. The van der Waals surface area contributed by atoms with E-state index in [1.54, 1.807) is 0 Å². The highest BCUT2D eigenvalue weighted by molar-refractivity contribution is 6.18. The minimum absolute atomic E-state index is 0.0535. The van der Waals surface area contributed by atoms with Crippen molar-refractivity contribution in [2.45, 2.75) is 155 Å². The Morgan fingerprint density at radius 1 is 0.312 bits per heavy atom. The van der Waals surface area contributed by atoms with Crippen molar-refractivity contribution >= 4 is 56.9 Å². The van der Waals surface area contributed by atoms with Crippen molar-refractivity contribution in [3.63, 3.8) is 0 Å². The fourth-order valence-electron chi connectivity index (χ4n) is 9.65. The van der Waals surface area contributed by atoms with E-state index in [9.17, 15) is 52.7 Å². The van der Waals surface area contributed by atoms with Crippen molar-refractivity contribution < 1.29 is 57.3 Å². The molecule has 0 radical (unpaired) electrons. The Balaban J connectivity index is 1.62. The normalized spacial score (nSPS) is 13.1. The SMILES string of the molecule is CCCCN(CCCC(F)(F)F)c1ccc(N(c2ccc(N(CCCC)CCCC(F)(F)F)cc2)c2ccc([N+](=C3C=CC(=[N+](CCCC)CCCC(F)(F)F)C=C3)c3ccc(N(CCCC)CCCC(F)(F)F)cc3)cc2)cc1. The minimum atomic E-state index is -4.27. The van der Waals surface area contributed by atoms with Gasteiger partial charge in [-0.3, -0.25) is 0 Å². The van der Waals surface area contributed by atoms with Crippen LogP contribution >= 0.6 is 0 Å². The topological polar surface area (TPSA) is 19.0 Å². The van der Waals surface area contributed by atoms with Gasteiger partial charge in [0, 0.05) is 160 Å². The molecule has 0 aromatic heterocycles. The Bertz CT molecular complexity index is 2470. The maximum Gasteiger partial charge on any atom is 0.389 e. The Hall–Kier alpha value is -5.94. The van der Waals surface area contributed by atoms with E-state index in [1.165, 1.54) is 0 Å². The van der Waals surface area contributed by atoms with Crippen molar-refractivity contribution in [1.82, 2.24) is 4.58 Å². The number of anilines is 6. The van der Waals surface area contributed by atoms with E-state index in [-0.39, 0.29) is 51.9 Å². The third kappa shape index (κ3) is 22.2. The number of allylic oxidation sites excluding steroid dienone is 4. The predicted octanol–water partition coefficient (Wildman–Crippen LogP) is 19.0. The summed E-state index contributed by atoms with van der Waals surface area (Å²) in [5.74, 6) is 0. The first-order valence-corrected chi connectivity index (χ1v) is 28.4. The quantitative estimate of drug-likeness (QED) is 0.0276. The number of halogens is 12. The van der Waals surface area contributed by atoms with Crippen LogP contribution < -0.4 is 24.2 Å². The van der Waals surface area contributed by atoms with Gasteiger partial charge in [-0.1, -0.05) is 53.4 Å². The van der Waals surface area contributed by atoms with Crippen LogP contribution in [0.25, 0.3) is 0 Å². The van der Waals surface area contributed by atoms with E-state index < -0.39 is 50.4 Å². The van der Waals surface area contributed by atoms with E-state index >= 15 is 0 Å². The molecular weight excluding hydrogens is 1060 g/mol. The predicted molar refractivity (Wildman–Crippen MR) is 305 cm³/mol. The molecule has 4 aromatic carbocycles. The van der Waals surface area contributed by atoms with E-state index in [0.29, 0.717) is 26.2 Å². The lowest BCUT2D eigenvalue weighted by Gasteiger charge is -2.29. The van der Waals surface area contributed by atoms with Gasteiger partial charge in [-0.25, -0.2) is 4.58 Å². The molecule has 0 N–H and O–H groups in total. The summed E-state index contributed by atoms with van der Waals surface area (Å²) in [5, 5.41) is 0. The van der Waals surface area contributed by atoms with Crippen LogP contribution in [0.2, 0.25) is 0 Å². The fourth-order valence-corrected chi connectivity index (χ4v) is 9.65. The summed E-state index contributed by atoms with van der Waals surface area (Å²) < 4.78 is 163. The molecule has 4 aromatic rings. The molecule has 1 aliphatic rings. The lowest BCUT2D eigenvalue weighted by molar-refractivity contribution is -0.528. The molecule has 0 saturated heterocycles. The van der Waals surface area contributed by atoms with Crippen molar-refractivity contribution in [3.8, 4) is 0 Å². The zero-order chi connectivity index (χ0) is 58.4. The highest BCUT2D eigenvalue weighted by atomic mass is 19.4. The van der Waals surface area contributed by atoms with Crippen molar-refractivity contribution in [3.05, 3.63) is 121 Å². The van der Waals surface area contributed by atoms with Crippen LogP contribution in [-0.2, 0) is 0 Å². The molecule has 0 heterocycles. The highest BCUT2D eigenvalue weighted by Gasteiger charge is 2.31. The maximum absolute atomic E-state index is 13.2. The number of rotatable bonds is 32. The Labute approximate surface area is 465 Å². The second kappa shape index (κ2) is 31.3. The molecule has 0 unspecified atom stereocenters. The first-order valence-electron chi connectivity index (χ1n) is 28.4. The largest absolute Gasteiger partial charge is 0.389 e. The van der Waals surface area contributed by atoms with Gasteiger partial charge in [0.25, 0.3) is 0 Å². The molecule has 0 aliphatic heterocycles. The lowest BCUT2D eigenvalue weighted by Crippen LogP contribution is -2.27. The number of hydrogen-bond acceptors (Lipinski definition) is 4. The minimum Gasteiger partial charge on any atom is -0.372 e. The number of benzene rings is 4. The van der Waals surface area contributed by atoms with Crippen LogP contribution in [0.1, 0.15) is 130 Å². The van der Waals surface area contributed by atoms with Crippen LogP contribution in [0.15, 0.2) is 121 Å². The molecule has 0 amide bonds. The second-order valence-electron chi connectivity index (χ2n) is 20.5. The maximum atomic E-state index is 13.2. The van der Waals surface area contributed by atoms with E-state index in [4.69, 9.17) is 0 Å². The summed E-state index contributed by atoms with van der Waals surface area (Å²) in [6, 6.07) is 30.7. The molecular formula is C62H80F12N6+2. The van der Waals surface area contributed by atoms with Crippen molar-refractivity contribution in [2.75, 3.05) is 72.0 Å². The van der Waals surface area contributed by atoms with Crippen LogP contribution in [-0.4, -0.2) is 93.1 Å². The van der Waals surface area contributed by atoms with Gasteiger partial charge in [-0.2, -0.15) is 57.3 Å². The van der Waals surface area contributed by atoms with Gasteiger partial charge in [0.05, 0.1) is 0 Å². The molecule has 6 nitrogen and oxygen atoms in total. The van der Waals surface area contributed by atoms with Gasteiger partial charge in [0.15, 0.2) is 5.71 Å². The number of hydrogen-bond donors (Lipinski definition) is 0. The van der Waals surface area contributed by atoms with Gasteiger partial charge in [0.2, 0.25) is 17.1 Å². The average molecular weight is 1140 g/mol. The first-order chi connectivity index (χ1) is 38.0. The van der Waals surface area contributed by atoms with Crippen LogP contribution in [0, 0.1) is 0 Å². The Morgan fingerprint density at radius 3 is 0.900 bits per heavy atom. The third-order valence-corrected chi connectivity index (χ3v) is 13.9. The van der Waals surface area contributed by atoms with Gasteiger partial charge < -0.3 is 19.6 Å². The summed E-state index contributed by atoms with van der Waals surface area (Å²) in [4.78, 5) is 7.94. The van der Waals surface area contributed by atoms with Crippen LogP contribution in [0.3, 0.4) is 0 Å². The van der Waals surface area contributed by atoms with E-state index in [0.717, 1.165) is 108 Å².